The summed E-state index contributed by atoms with van der Waals surface area (Å²) in [7, 11) is 3.24. The first-order chi connectivity index (χ1) is 10.5. The van der Waals surface area contributed by atoms with Gasteiger partial charge in [-0.2, -0.15) is 0 Å². The molecule has 0 fully saturated rings. The van der Waals surface area contributed by atoms with Crippen molar-refractivity contribution in [2.24, 2.45) is 7.05 Å². The number of aryl methyl sites for hydroxylation is 1. The second-order valence-corrected chi connectivity index (χ2v) is 5.52. The number of benzene rings is 2. The molecular weight excluding hydrogens is 301 g/mol. The van der Waals surface area contributed by atoms with Crippen LogP contribution in [0.25, 0.3) is 21.9 Å². The number of halogens is 1. The predicted octanol–water partition coefficient (Wildman–Crippen LogP) is 3.64. The summed E-state index contributed by atoms with van der Waals surface area (Å²) in [6.07, 6.45) is 1.75. The van der Waals surface area contributed by atoms with Gasteiger partial charge in [0, 0.05) is 23.7 Å². The maximum Gasteiger partial charge on any atom is 0.258 e. The zero-order chi connectivity index (χ0) is 15.9. The van der Waals surface area contributed by atoms with Crippen LogP contribution in [0.3, 0.4) is 0 Å². The van der Waals surface area contributed by atoms with Crippen LogP contribution in [0.4, 0.5) is 4.39 Å². The lowest BCUT2D eigenvalue weighted by atomic mass is 10.0. The number of methoxy groups -OCH3 is 1. The molecule has 0 aliphatic heterocycles. The summed E-state index contributed by atoms with van der Waals surface area (Å²) in [6, 6.07) is 9.83. The highest BCUT2D eigenvalue weighted by atomic mass is 32.1. The van der Waals surface area contributed by atoms with Crippen LogP contribution in [0.5, 0.6) is 5.75 Å². The number of thiol groups is 1. The number of rotatable bonds is 2. The molecule has 2 aromatic carbocycles. The molecule has 0 amide bonds. The van der Waals surface area contributed by atoms with E-state index in [9.17, 15) is 9.18 Å². The van der Waals surface area contributed by atoms with Crippen LogP contribution in [0.2, 0.25) is 0 Å². The maximum absolute atomic E-state index is 13.5. The summed E-state index contributed by atoms with van der Waals surface area (Å²) in [4.78, 5) is 12.9. The van der Waals surface area contributed by atoms with Gasteiger partial charge in [-0.15, -0.1) is 12.6 Å². The topological polar surface area (TPSA) is 31.2 Å². The van der Waals surface area contributed by atoms with Crippen LogP contribution < -0.4 is 10.3 Å². The Morgan fingerprint density at radius 2 is 1.91 bits per heavy atom. The maximum atomic E-state index is 13.5. The van der Waals surface area contributed by atoms with Gasteiger partial charge in [-0.05, 0) is 35.2 Å². The molecule has 0 spiro atoms. The minimum Gasteiger partial charge on any atom is -0.496 e. The van der Waals surface area contributed by atoms with E-state index in [4.69, 9.17) is 4.74 Å². The van der Waals surface area contributed by atoms with Crippen molar-refractivity contribution in [3.63, 3.8) is 0 Å². The molecule has 0 aliphatic rings. The van der Waals surface area contributed by atoms with E-state index in [-0.39, 0.29) is 5.56 Å². The Labute approximate surface area is 132 Å². The fourth-order valence-corrected chi connectivity index (χ4v) is 2.83. The smallest absolute Gasteiger partial charge is 0.258 e. The van der Waals surface area contributed by atoms with Gasteiger partial charge in [-0.3, -0.25) is 4.79 Å². The Balaban J connectivity index is 2.34. The molecule has 5 heteroatoms. The first-order valence-corrected chi connectivity index (χ1v) is 7.12. The van der Waals surface area contributed by atoms with Gasteiger partial charge >= 0.3 is 0 Å². The molecule has 0 aliphatic carbocycles. The molecule has 0 unspecified atom stereocenters. The molecule has 1 heterocycles. The summed E-state index contributed by atoms with van der Waals surface area (Å²) in [6.45, 7) is 0. The lowest BCUT2D eigenvalue weighted by Gasteiger charge is -2.11. The number of fused-ring (bicyclic) bond motifs is 1. The minimum absolute atomic E-state index is 0.224. The van der Waals surface area contributed by atoms with E-state index in [0.717, 1.165) is 11.1 Å². The molecule has 0 saturated carbocycles. The molecular formula is C17H14FNO2S. The van der Waals surface area contributed by atoms with E-state index in [1.807, 2.05) is 18.2 Å². The molecule has 22 heavy (non-hydrogen) atoms. The number of hydrogen-bond acceptors (Lipinski definition) is 3. The van der Waals surface area contributed by atoms with Gasteiger partial charge in [0.2, 0.25) is 0 Å². The highest BCUT2D eigenvalue weighted by Crippen LogP contribution is 2.32. The second kappa shape index (κ2) is 5.50. The van der Waals surface area contributed by atoms with Gasteiger partial charge in [-0.1, -0.05) is 12.1 Å². The van der Waals surface area contributed by atoms with Crippen LogP contribution >= 0.6 is 12.6 Å². The Morgan fingerprint density at radius 1 is 1.14 bits per heavy atom. The summed E-state index contributed by atoms with van der Waals surface area (Å²) < 4.78 is 20.1. The molecule has 0 radical (unpaired) electrons. The fourth-order valence-electron chi connectivity index (χ4n) is 2.53. The van der Waals surface area contributed by atoms with Crippen LogP contribution in [0.15, 0.2) is 52.3 Å². The van der Waals surface area contributed by atoms with Crippen molar-refractivity contribution in [3.8, 4) is 16.9 Å². The van der Waals surface area contributed by atoms with E-state index < -0.39 is 5.82 Å². The van der Waals surface area contributed by atoms with Gasteiger partial charge in [0.05, 0.1) is 12.5 Å². The number of aromatic nitrogens is 1. The van der Waals surface area contributed by atoms with Crippen molar-refractivity contribution in [3.05, 3.63) is 58.8 Å². The molecule has 0 bridgehead atoms. The molecule has 3 nitrogen and oxygen atoms in total. The van der Waals surface area contributed by atoms with Crippen molar-refractivity contribution in [2.75, 3.05) is 7.11 Å². The van der Waals surface area contributed by atoms with E-state index in [1.54, 1.807) is 26.4 Å². The quantitative estimate of drug-likeness (QED) is 0.732. The first-order valence-electron chi connectivity index (χ1n) is 6.67. The minimum atomic E-state index is -0.425. The summed E-state index contributed by atoms with van der Waals surface area (Å²) >= 11 is 4.40. The highest BCUT2D eigenvalue weighted by molar-refractivity contribution is 7.80. The van der Waals surface area contributed by atoms with Crippen LogP contribution in [0.1, 0.15) is 0 Å². The molecule has 0 saturated heterocycles. The Morgan fingerprint density at radius 3 is 2.59 bits per heavy atom. The average Bonchev–Trinajstić information content (AvgIpc) is 2.51. The van der Waals surface area contributed by atoms with E-state index >= 15 is 0 Å². The van der Waals surface area contributed by atoms with Crippen LogP contribution in [-0.2, 0) is 7.05 Å². The highest BCUT2D eigenvalue weighted by Gasteiger charge is 2.11. The third-order valence-electron chi connectivity index (χ3n) is 3.64. The Bertz CT molecular complexity index is 934. The summed E-state index contributed by atoms with van der Waals surface area (Å²) in [5, 5.41) is 1.07. The van der Waals surface area contributed by atoms with Crippen LogP contribution in [0, 0.1) is 5.82 Å². The van der Waals surface area contributed by atoms with Crippen molar-refractivity contribution in [1.82, 2.24) is 4.57 Å². The lowest BCUT2D eigenvalue weighted by Crippen LogP contribution is -2.16. The van der Waals surface area contributed by atoms with Crippen molar-refractivity contribution < 1.29 is 9.13 Å². The average molecular weight is 315 g/mol. The van der Waals surface area contributed by atoms with Gasteiger partial charge in [0.1, 0.15) is 11.6 Å². The normalized spacial score (nSPS) is 10.9. The monoisotopic (exact) mass is 315 g/mol. The van der Waals surface area contributed by atoms with E-state index in [0.29, 0.717) is 21.4 Å². The molecule has 1 aromatic heterocycles. The summed E-state index contributed by atoms with van der Waals surface area (Å²) in [5.74, 6) is 0.249. The van der Waals surface area contributed by atoms with E-state index in [2.05, 4.69) is 12.6 Å². The zero-order valence-corrected chi connectivity index (χ0v) is 13.0. The lowest BCUT2D eigenvalue weighted by molar-refractivity contribution is 0.405. The van der Waals surface area contributed by atoms with Gasteiger partial charge in [0.25, 0.3) is 5.56 Å². The number of hydrogen-bond donors (Lipinski definition) is 1. The molecule has 0 N–H and O–H groups in total. The zero-order valence-electron chi connectivity index (χ0n) is 12.1. The third kappa shape index (κ3) is 2.37. The Kier molecular flexibility index (Phi) is 3.66. The Hall–Kier alpha value is -2.27. The second-order valence-electron chi connectivity index (χ2n) is 5.04. The SMILES string of the molecule is COc1ccc(-c2cn(C)c(=O)c3cc(F)ccc23)cc1S. The van der Waals surface area contributed by atoms with Crippen molar-refractivity contribution in [1.29, 1.82) is 0 Å². The number of pyridine rings is 1. The molecule has 3 rings (SSSR count). The van der Waals surface area contributed by atoms with Gasteiger partial charge in [-0.25, -0.2) is 4.39 Å². The molecule has 112 valence electrons. The fraction of sp³-hybridized carbons (Fsp3) is 0.118. The van der Waals surface area contributed by atoms with Crippen molar-refractivity contribution >= 4 is 23.4 Å². The molecule has 3 aromatic rings. The third-order valence-corrected chi connectivity index (χ3v) is 3.98. The summed E-state index contributed by atoms with van der Waals surface area (Å²) in [5.41, 5.74) is 1.51. The van der Waals surface area contributed by atoms with Crippen LogP contribution in [-0.4, -0.2) is 11.7 Å². The first kappa shape index (κ1) is 14.7. The van der Waals surface area contributed by atoms with E-state index in [1.165, 1.54) is 16.7 Å². The number of nitrogens with zero attached hydrogens (tertiary/aromatic N) is 1. The largest absolute Gasteiger partial charge is 0.496 e. The van der Waals surface area contributed by atoms with Crippen molar-refractivity contribution in [2.45, 2.75) is 4.90 Å². The molecule has 0 atom stereocenters. The van der Waals surface area contributed by atoms with Gasteiger partial charge in [0.15, 0.2) is 0 Å². The predicted molar refractivity (Wildman–Crippen MR) is 88.4 cm³/mol. The van der Waals surface area contributed by atoms with Gasteiger partial charge < -0.3 is 9.30 Å². The standard InChI is InChI=1S/C17H14FNO2S/c1-19-9-14(10-3-6-15(21-2)16(22)7-10)12-5-4-11(18)8-13(12)17(19)20/h3-9,22H,1-2H3. The number of ether oxygens (including phenoxy) is 1.